The monoisotopic (exact) mass is 513 g/mol. The molecule has 2 fully saturated rings. The quantitative estimate of drug-likeness (QED) is 0.456. The van der Waals surface area contributed by atoms with Crippen LogP contribution in [0.2, 0.25) is 0 Å². The lowest BCUT2D eigenvalue weighted by molar-refractivity contribution is -0.153. The molecule has 5 rings (SSSR count). The first-order chi connectivity index (χ1) is 17.8. The number of anilines is 2. The Hall–Kier alpha value is -3.73. The number of nitrogens with one attached hydrogen (secondary N) is 2. The van der Waals surface area contributed by atoms with Gasteiger partial charge in [-0.3, -0.25) is 9.59 Å². The number of carbonyl (C=O) groups excluding carboxylic acids is 2. The zero-order valence-corrected chi connectivity index (χ0v) is 19.9. The van der Waals surface area contributed by atoms with Crippen LogP contribution >= 0.6 is 0 Å². The van der Waals surface area contributed by atoms with Crippen LogP contribution in [0.5, 0.6) is 0 Å². The van der Waals surface area contributed by atoms with E-state index in [9.17, 15) is 22.8 Å². The van der Waals surface area contributed by atoms with Crippen LogP contribution < -0.4 is 15.5 Å². The first-order valence-corrected chi connectivity index (χ1v) is 12.2. The number of alkyl halides is 3. The smallest absolute Gasteiger partial charge is 0.431 e. The number of carbonyl (C=O) groups is 2. The van der Waals surface area contributed by atoms with E-state index in [-0.39, 0.29) is 23.5 Å². The van der Waals surface area contributed by atoms with Gasteiger partial charge in [0.15, 0.2) is 5.69 Å². The Morgan fingerprint density at radius 1 is 1.03 bits per heavy atom. The third-order valence-corrected chi connectivity index (χ3v) is 6.54. The SMILES string of the molecule is O=C(Nc1ccc(N2CCC(NCC(=O)C3CC3)CC2)nc1)c1nc(-c2ccccc2)oc1C(F)(F)F. The van der Waals surface area contributed by atoms with Crippen molar-refractivity contribution < 1.29 is 27.2 Å². The highest BCUT2D eigenvalue weighted by Crippen LogP contribution is 2.35. The van der Waals surface area contributed by atoms with Crippen molar-refractivity contribution in [2.45, 2.75) is 37.9 Å². The number of oxazole rings is 1. The number of benzene rings is 1. The molecule has 2 aliphatic rings. The van der Waals surface area contributed by atoms with Crippen LogP contribution in [0.25, 0.3) is 11.5 Å². The number of ketones is 1. The van der Waals surface area contributed by atoms with E-state index in [4.69, 9.17) is 4.42 Å². The third kappa shape index (κ3) is 5.99. The highest BCUT2D eigenvalue weighted by molar-refractivity contribution is 6.04. The fourth-order valence-corrected chi connectivity index (χ4v) is 4.32. The molecule has 3 aromatic rings. The Morgan fingerprint density at radius 3 is 2.38 bits per heavy atom. The Bertz CT molecular complexity index is 1250. The predicted octanol–water partition coefficient (Wildman–Crippen LogP) is 4.55. The minimum absolute atomic E-state index is 0.237. The minimum Gasteiger partial charge on any atom is -0.431 e. The summed E-state index contributed by atoms with van der Waals surface area (Å²) in [5.74, 6) is -1.53. The summed E-state index contributed by atoms with van der Waals surface area (Å²) in [5, 5.41) is 5.78. The third-order valence-electron chi connectivity index (χ3n) is 6.54. The van der Waals surface area contributed by atoms with Crippen LogP contribution in [0.1, 0.15) is 41.9 Å². The van der Waals surface area contributed by atoms with Gasteiger partial charge in [-0.15, -0.1) is 0 Å². The zero-order chi connectivity index (χ0) is 26.0. The molecule has 1 aromatic carbocycles. The number of hydrogen-bond donors (Lipinski definition) is 2. The van der Waals surface area contributed by atoms with E-state index in [1.54, 1.807) is 42.5 Å². The van der Waals surface area contributed by atoms with E-state index in [1.165, 1.54) is 6.20 Å². The molecule has 37 heavy (non-hydrogen) atoms. The number of aromatic nitrogens is 2. The number of nitrogens with zero attached hydrogens (tertiary/aromatic N) is 3. The Balaban J connectivity index is 1.20. The normalized spacial score (nSPS) is 16.6. The highest BCUT2D eigenvalue weighted by atomic mass is 19.4. The van der Waals surface area contributed by atoms with E-state index in [0.29, 0.717) is 23.7 Å². The predicted molar refractivity (Wildman–Crippen MR) is 130 cm³/mol. The Morgan fingerprint density at radius 2 is 1.76 bits per heavy atom. The maximum absolute atomic E-state index is 13.5. The topological polar surface area (TPSA) is 100 Å². The second kappa shape index (κ2) is 10.3. The van der Waals surface area contributed by atoms with Gasteiger partial charge in [-0.1, -0.05) is 18.2 Å². The molecule has 0 bridgehead atoms. The summed E-state index contributed by atoms with van der Waals surface area (Å²) >= 11 is 0. The first-order valence-electron chi connectivity index (χ1n) is 12.2. The van der Waals surface area contributed by atoms with E-state index in [1.807, 2.05) is 0 Å². The van der Waals surface area contributed by atoms with Gasteiger partial charge in [0, 0.05) is 30.6 Å². The van der Waals surface area contributed by atoms with Crippen molar-refractivity contribution in [2.24, 2.45) is 5.92 Å². The molecular weight excluding hydrogens is 487 g/mol. The van der Waals surface area contributed by atoms with Crippen LogP contribution in [-0.4, -0.2) is 47.3 Å². The van der Waals surface area contributed by atoms with Crippen molar-refractivity contribution >= 4 is 23.2 Å². The molecule has 1 aliphatic carbocycles. The summed E-state index contributed by atoms with van der Waals surface area (Å²) in [7, 11) is 0. The number of pyridine rings is 1. The molecule has 3 heterocycles. The maximum atomic E-state index is 13.5. The van der Waals surface area contributed by atoms with Crippen LogP contribution in [-0.2, 0) is 11.0 Å². The minimum atomic E-state index is -4.89. The van der Waals surface area contributed by atoms with Gasteiger partial charge in [0.05, 0.1) is 18.4 Å². The Labute approximate surface area is 211 Å². The van der Waals surface area contributed by atoms with Crippen molar-refractivity contribution in [1.82, 2.24) is 15.3 Å². The summed E-state index contributed by atoms with van der Waals surface area (Å²) in [6.07, 6.45) is 0.274. The van der Waals surface area contributed by atoms with Gasteiger partial charge < -0.3 is 20.0 Å². The summed E-state index contributed by atoms with van der Waals surface area (Å²) < 4.78 is 45.5. The van der Waals surface area contributed by atoms with Gasteiger partial charge in [0.25, 0.3) is 5.91 Å². The molecule has 8 nitrogen and oxygen atoms in total. The van der Waals surface area contributed by atoms with Crippen molar-refractivity contribution in [3.05, 3.63) is 60.1 Å². The molecule has 1 aliphatic heterocycles. The summed E-state index contributed by atoms with van der Waals surface area (Å²) in [6, 6.07) is 11.6. The zero-order valence-electron chi connectivity index (χ0n) is 19.9. The molecule has 2 aromatic heterocycles. The average Bonchev–Trinajstić information content (AvgIpc) is 3.65. The summed E-state index contributed by atoms with van der Waals surface area (Å²) in [4.78, 5) is 34.9. The number of rotatable bonds is 8. The van der Waals surface area contributed by atoms with E-state index >= 15 is 0 Å². The van der Waals surface area contributed by atoms with Crippen LogP contribution in [0, 0.1) is 5.92 Å². The second-order valence-electron chi connectivity index (χ2n) is 9.30. The molecule has 11 heteroatoms. The van der Waals surface area contributed by atoms with Gasteiger partial charge in [-0.05, 0) is 49.9 Å². The van der Waals surface area contributed by atoms with Crippen molar-refractivity contribution in [3.8, 4) is 11.5 Å². The van der Waals surface area contributed by atoms with E-state index < -0.39 is 23.5 Å². The van der Waals surface area contributed by atoms with Crippen molar-refractivity contribution in [3.63, 3.8) is 0 Å². The largest absolute Gasteiger partial charge is 0.452 e. The molecule has 1 amide bonds. The van der Waals surface area contributed by atoms with Gasteiger partial charge >= 0.3 is 6.18 Å². The van der Waals surface area contributed by atoms with Gasteiger partial charge in [-0.25, -0.2) is 9.97 Å². The molecule has 0 spiro atoms. The molecule has 0 unspecified atom stereocenters. The summed E-state index contributed by atoms with van der Waals surface area (Å²) in [5.41, 5.74) is -0.280. The lowest BCUT2D eigenvalue weighted by atomic mass is 10.0. The number of hydrogen-bond acceptors (Lipinski definition) is 7. The number of piperidine rings is 1. The molecule has 1 saturated heterocycles. The second-order valence-corrected chi connectivity index (χ2v) is 9.30. The van der Waals surface area contributed by atoms with Crippen LogP contribution in [0.4, 0.5) is 24.7 Å². The Kier molecular flexibility index (Phi) is 6.96. The first kappa shape index (κ1) is 24.9. The van der Waals surface area contributed by atoms with E-state index in [2.05, 4.69) is 25.5 Å². The van der Waals surface area contributed by atoms with Crippen molar-refractivity contribution in [1.29, 1.82) is 0 Å². The van der Waals surface area contributed by atoms with Crippen LogP contribution in [0.3, 0.4) is 0 Å². The van der Waals surface area contributed by atoms with Gasteiger partial charge in [0.2, 0.25) is 11.7 Å². The maximum Gasteiger partial charge on any atom is 0.452 e. The lowest BCUT2D eigenvalue weighted by Crippen LogP contribution is -2.44. The molecule has 194 valence electrons. The van der Waals surface area contributed by atoms with Crippen LogP contribution in [0.15, 0.2) is 53.1 Å². The lowest BCUT2D eigenvalue weighted by Gasteiger charge is -2.33. The molecule has 2 N–H and O–H groups in total. The fourth-order valence-electron chi connectivity index (χ4n) is 4.32. The summed E-state index contributed by atoms with van der Waals surface area (Å²) in [6.45, 7) is 1.94. The van der Waals surface area contributed by atoms with E-state index in [0.717, 1.165) is 38.8 Å². The molecule has 0 radical (unpaired) electrons. The molecular formula is C26H26F3N5O3. The molecule has 1 saturated carbocycles. The highest BCUT2D eigenvalue weighted by Gasteiger charge is 2.42. The number of amides is 1. The number of halogens is 3. The molecule has 0 atom stereocenters. The number of Topliss-reactive ketones (excluding diaryl/α,β-unsaturated/α-hetero) is 1. The average molecular weight is 514 g/mol. The fraction of sp³-hybridized carbons (Fsp3) is 0.385. The van der Waals surface area contributed by atoms with Crippen molar-refractivity contribution in [2.75, 3.05) is 29.9 Å². The standard InChI is InChI=1S/C26H26F3N5O3/c27-26(28,29)23-22(33-25(37-23)17-4-2-1-3-5-17)24(36)32-19-8-9-21(31-14-19)34-12-10-18(11-13-34)30-15-20(35)16-6-7-16/h1-5,8-9,14,16,18,30H,6-7,10-13,15H2,(H,32,36). The van der Waals surface area contributed by atoms with Gasteiger partial charge in [0.1, 0.15) is 11.6 Å². The van der Waals surface area contributed by atoms with Gasteiger partial charge in [-0.2, -0.15) is 13.2 Å².